The molecule has 2 N–H and O–H groups in total. The molecule has 0 aliphatic heterocycles. The van der Waals surface area contributed by atoms with Crippen LogP contribution < -0.4 is 5.32 Å². The SMILES string of the molecule is CC(C)(C)C1CCC(CC(=O)N[C@@H]2C=C[C@H](CO)C2)CC1. The molecule has 0 aromatic carbocycles. The van der Waals surface area contributed by atoms with Crippen molar-refractivity contribution >= 4 is 5.91 Å². The summed E-state index contributed by atoms with van der Waals surface area (Å²) >= 11 is 0. The van der Waals surface area contributed by atoms with Gasteiger partial charge in [0, 0.05) is 25.0 Å². The summed E-state index contributed by atoms with van der Waals surface area (Å²) in [4.78, 5) is 12.1. The number of nitrogens with one attached hydrogen (secondary N) is 1. The molecule has 21 heavy (non-hydrogen) atoms. The van der Waals surface area contributed by atoms with Crippen molar-refractivity contribution in [3.63, 3.8) is 0 Å². The minimum absolute atomic E-state index is 0.126. The number of hydrogen-bond acceptors (Lipinski definition) is 2. The third-order valence-electron chi connectivity index (χ3n) is 5.30. The van der Waals surface area contributed by atoms with Crippen LogP contribution in [-0.4, -0.2) is 23.7 Å². The lowest BCUT2D eigenvalue weighted by Crippen LogP contribution is -2.35. The Morgan fingerprint density at radius 3 is 2.38 bits per heavy atom. The van der Waals surface area contributed by atoms with Crippen LogP contribution in [0.15, 0.2) is 12.2 Å². The molecule has 0 unspecified atom stereocenters. The second-order valence-corrected chi connectivity index (χ2v) is 8.03. The molecule has 3 nitrogen and oxygen atoms in total. The molecule has 120 valence electrons. The van der Waals surface area contributed by atoms with Crippen LogP contribution in [0.4, 0.5) is 0 Å². The second-order valence-electron chi connectivity index (χ2n) is 8.03. The monoisotopic (exact) mass is 293 g/mol. The predicted molar refractivity (Wildman–Crippen MR) is 85.8 cm³/mol. The van der Waals surface area contributed by atoms with E-state index in [1.807, 2.05) is 12.2 Å². The summed E-state index contributed by atoms with van der Waals surface area (Å²) in [6.45, 7) is 7.16. The number of aliphatic hydroxyl groups is 1. The van der Waals surface area contributed by atoms with E-state index in [1.54, 1.807) is 0 Å². The summed E-state index contributed by atoms with van der Waals surface area (Å²) in [5, 5.41) is 12.2. The Morgan fingerprint density at radius 1 is 1.19 bits per heavy atom. The highest BCUT2D eigenvalue weighted by Gasteiger charge is 2.30. The first-order valence-corrected chi connectivity index (χ1v) is 8.47. The highest BCUT2D eigenvalue weighted by atomic mass is 16.3. The molecule has 0 aromatic rings. The van der Waals surface area contributed by atoms with Crippen LogP contribution in [0, 0.1) is 23.2 Å². The molecule has 1 saturated carbocycles. The van der Waals surface area contributed by atoms with Crippen LogP contribution >= 0.6 is 0 Å². The molecule has 1 fully saturated rings. The lowest BCUT2D eigenvalue weighted by molar-refractivity contribution is -0.122. The summed E-state index contributed by atoms with van der Waals surface area (Å²) in [5.41, 5.74) is 0.404. The van der Waals surface area contributed by atoms with Gasteiger partial charge in [0.25, 0.3) is 0 Å². The van der Waals surface area contributed by atoms with Crippen molar-refractivity contribution in [1.82, 2.24) is 5.32 Å². The number of rotatable bonds is 4. The van der Waals surface area contributed by atoms with Gasteiger partial charge < -0.3 is 10.4 Å². The molecule has 0 bridgehead atoms. The third-order valence-corrected chi connectivity index (χ3v) is 5.30. The van der Waals surface area contributed by atoms with Gasteiger partial charge in [0.2, 0.25) is 5.91 Å². The Morgan fingerprint density at radius 2 is 1.86 bits per heavy atom. The van der Waals surface area contributed by atoms with Gasteiger partial charge in [-0.05, 0) is 49.4 Å². The number of carbonyl (C=O) groups excluding carboxylic acids is 1. The van der Waals surface area contributed by atoms with Crippen LogP contribution in [-0.2, 0) is 4.79 Å². The highest BCUT2D eigenvalue weighted by Crippen LogP contribution is 2.40. The molecule has 2 aliphatic rings. The van der Waals surface area contributed by atoms with Crippen molar-refractivity contribution < 1.29 is 9.90 Å². The predicted octanol–water partition coefficient (Wildman–Crippen LogP) is 3.28. The molecule has 0 saturated heterocycles. The Kier molecular flexibility index (Phi) is 5.48. The first kappa shape index (κ1) is 16.5. The van der Waals surface area contributed by atoms with E-state index in [1.165, 1.54) is 25.7 Å². The summed E-state index contributed by atoms with van der Waals surface area (Å²) in [6, 6.07) is 0.126. The zero-order chi connectivity index (χ0) is 15.5. The van der Waals surface area contributed by atoms with Gasteiger partial charge in [-0.15, -0.1) is 0 Å². The topological polar surface area (TPSA) is 49.3 Å². The molecular weight excluding hydrogens is 262 g/mol. The Balaban J connectivity index is 1.69. The highest BCUT2D eigenvalue weighted by molar-refractivity contribution is 5.76. The maximum atomic E-state index is 12.1. The van der Waals surface area contributed by atoms with E-state index < -0.39 is 0 Å². The number of aliphatic hydroxyl groups excluding tert-OH is 1. The van der Waals surface area contributed by atoms with Crippen LogP contribution in [0.1, 0.15) is 59.3 Å². The number of amides is 1. The van der Waals surface area contributed by atoms with E-state index in [-0.39, 0.29) is 24.5 Å². The molecular formula is C18H31NO2. The first-order chi connectivity index (χ1) is 9.88. The molecule has 0 spiro atoms. The minimum Gasteiger partial charge on any atom is -0.396 e. The summed E-state index contributed by atoms with van der Waals surface area (Å²) in [5.74, 6) is 1.77. The van der Waals surface area contributed by atoms with Gasteiger partial charge in [0.05, 0.1) is 0 Å². The van der Waals surface area contributed by atoms with Crippen molar-refractivity contribution in [2.75, 3.05) is 6.61 Å². The lowest BCUT2D eigenvalue weighted by atomic mass is 9.69. The van der Waals surface area contributed by atoms with E-state index in [9.17, 15) is 4.79 Å². The molecule has 1 amide bonds. The first-order valence-electron chi connectivity index (χ1n) is 8.47. The molecule has 3 heteroatoms. The molecule has 0 aromatic heterocycles. The Hall–Kier alpha value is -0.830. The van der Waals surface area contributed by atoms with Gasteiger partial charge >= 0.3 is 0 Å². The Labute approximate surface area is 129 Å². The quantitative estimate of drug-likeness (QED) is 0.782. The van der Waals surface area contributed by atoms with Crippen molar-refractivity contribution in [1.29, 1.82) is 0 Å². The normalized spacial score (nSPS) is 33.1. The van der Waals surface area contributed by atoms with E-state index >= 15 is 0 Å². The van der Waals surface area contributed by atoms with Crippen molar-refractivity contribution in [3.8, 4) is 0 Å². The standard InChI is InChI=1S/C18H31NO2/c1-18(2,3)15-7-4-13(5-8-15)11-17(21)19-16-9-6-14(10-16)12-20/h6,9,13-16,20H,4-5,7-8,10-12H2,1-3H3,(H,19,21)/t13?,14-,15?,16+/m0/s1. The van der Waals surface area contributed by atoms with E-state index in [0.29, 0.717) is 17.8 Å². The van der Waals surface area contributed by atoms with Gasteiger partial charge in [-0.25, -0.2) is 0 Å². The fourth-order valence-corrected chi connectivity index (χ4v) is 3.78. The van der Waals surface area contributed by atoms with Crippen LogP contribution in [0.2, 0.25) is 0 Å². The van der Waals surface area contributed by atoms with Crippen LogP contribution in [0.25, 0.3) is 0 Å². The van der Waals surface area contributed by atoms with Gasteiger partial charge in [0.15, 0.2) is 0 Å². The Bertz CT molecular complexity index is 375. The van der Waals surface area contributed by atoms with Crippen molar-refractivity contribution in [2.24, 2.45) is 23.2 Å². The lowest BCUT2D eigenvalue weighted by Gasteiger charge is -2.36. The van der Waals surface area contributed by atoms with Gasteiger partial charge in [-0.2, -0.15) is 0 Å². The maximum absolute atomic E-state index is 12.1. The number of carbonyl (C=O) groups is 1. The van der Waals surface area contributed by atoms with E-state index in [2.05, 4.69) is 26.1 Å². The fraction of sp³-hybridized carbons (Fsp3) is 0.833. The van der Waals surface area contributed by atoms with Crippen molar-refractivity contribution in [2.45, 2.75) is 65.3 Å². The third kappa shape index (κ3) is 4.84. The van der Waals surface area contributed by atoms with Gasteiger partial charge in [-0.3, -0.25) is 4.79 Å². The van der Waals surface area contributed by atoms with Gasteiger partial charge in [-0.1, -0.05) is 32.9 Å². The molecule has 2 aliphatic carbocycles. The van der Waals surface area contributed by atoms with Gasteiger partial charge in [0.1, 0.15) is 0 Å². The summed E-state index contributed by atoms with van der Waals surface area (Å²) < 4.78 is 0. The maximum Gasteiger partial charge on any atom is 0.220 e. The average Bonchev–Trinajstić information content (AvgIpc) is 2.85. The molecule has 2 atom stereocenters. The second kappa shape index (κ2) is 6.95. The van der Waals surface area contributed by atoms with E-state index in [4.69, 9.17) is 5.11 Å². The van der Waals surface area contributed by atoms with Crippen LogP contribution in [0.5, 0.6) is 0 Å². The zero-order valence-electron chi connectivity index (χ0n) is 13.8. The summed E-state index contributed by atoms with van der Waals surface area (Å²) in [7, 11) is 0. The fourth-order valence-electron chi connectivity index (χ4n) is 3.78. The largest absolute Gasteiger partial charge is 0.396 e. The van der Waals surface area contributed by atoms with Crippen molar-refractivity contribution in [3.05, 3.63) is 12.2 Å². The summed E-state index contributed by atoms with van der Waals surface area (Å²) in [6.07, 6.45) is 10.5. The molecule has 0 heterocycles. The molecule has 2 rings (SSSR count). The zero-order valence-corrected chi connectivity index (χ0v) is 13.8. The number of hydrogen-bond donors (Lipinski definition) is 2. The molecule has 0 radical (unpaired) electrons. The average molecular weight is 293 g/mol. The minimum atomic E-state index is 0.126. The van der Waals surface area contributed by atoms with E-state index in [0.717, 1.165) is 12.3 Å². The van der Waals surface area contributed by atoms with Crippen LogP contribution in [0.3, 0.4) is 0 Å². The smallest absolute Gasteiger partial charge is 0.220 e.